The van der Waals surface area contributed by atoms with Crippen LogP contribution in [0.2, 0.25) is 0 Å². The monoisotopic (exact) mass is 560 g/mol. The van der Waals surface area contributed by atoms with Crippen LogP contribution in [0.5, 0.6) is 5.75 Å². The number of ether oxygens (including phenoxy) is 1. The van der Waals surface area contributed by atoms with Crippen molar-refractivity contribution in [1.82, 2.24) is 15.2 Å². The van der Waals surface area contributed by atoms with Crippen LogP contribution in [0.3, 0.4) is 0 Å². The fourth-order valence-corrected chi connectivity index (χ4v) is 6.52. The Morgan fingerprint density at radius 3 is 2.77 bits per heavy atom. The normalized spacial score (nSPS) is 19.8. The summed E-state index contributed by atoms with van der Waals surface area (Å²) in [6.07, 6.45) is 3.85. The van der Waals surface area contributed by atoms with E-state index >= 15 is 0 Å². The van der Waals surface area contributed by atoms with Gasteiger partial charge in [-0.3, -0.25) is 19.5 Å². The van der Waals surface area contributed by atoms with Gasteiger partial charge in [-0.2, -0.15) is 0 Å². The highest BCUT2D eigenvalue weighted by Gasteiger charge is 2.48. The maximum Gasteiger partial charge on any atom is 0.301 e. The number of hydrogen-bond acceptors (Lipinski definition) is 9. The van der Waals surface area contributed by atoms with Gasteiger partial charge in [0.1, 0.15) is 23.4 Å². The van der Waals surface area contributed by atoms with Crippen molar-refractivity contribution in [2.75, 3.05) is 4.90 Å². The number of benzene rings is 2. The van der Waals surface area contributed by atoms with Gasteiger partial charge >= 0.3 is 5.91 Å². The smallest absolute Gasteiger partial charge is 0.301 e. The van der Waals surface area contributed by atoms with E-state index in [0.717, 1.165) is 28.2 Å². The summed E-state index contributed by atoms with van der Waals surface area (Å²) >= 11 is 2.55. The minimum atomic E-state index is -0.940. The molecule has 11 heteroatoms. The second-order valence-corrected chi connectivity index (χ2v) is 11.4. The van der Waals surface area contributed by atoms with E-state index < -0.39 is 17.7 Å². The fraction of sp³-hybridized carbons (Fsp3) is 0.179. The molecule has 4 aromatic rings. The van der Waals surface area contributed by atoms with Gasteiger partial charge in [0, 0.05) is 30.1 Å². The van der Waals surface area contributed by atoms with Crippen LogP contribution in [0.4, 0.5) is 9.52 Å². The number of hydrogen-bond donors (Lipinski definition) is 1. The molecule has 1 saturated heterocycles. The quantitative estimate of drug-likeness (QED) is 0.111. The average Bonchev–Trinajstić information content (AvgIpc) is 3.63. The van der Waals surface area contributed by atoms with Gasteiger partial charge in [0.05, 0.1) is 11.6 Å². The van der Waals surface area contributed by atoms with Gasteiger partial charge in [-0.25, -0.2) is 4.39 Å². The standard InChI is InChI=1S/C28H21FN4O4S2/c1-15-11-19-12-17(6-9-21(19)37-15)24(34)22-23(18-3-2-10-30-13-18)33(26(36)25(22)35)27-31-32-28(39-27)38-14-16-4-7-20(29)8-5-16/h2-10,12-13,15,23,34H,11,14H2,1H3/b24-22+. The molecule has 2 aliphatic rings. The number of Topliss-reactive ketones (excluding diaryl/α,β-unsaturated/α-hetero) is 1. The van der Waals surface area contributed by atoms with Crippen molar-refractivity contribution in [3.63, 3.8) is 0 Å². The van der Waals surface area contributed by atoms with E-state index in [9.17, 15) is 19.1 Å². The largest absolute Gasteiger partial charge is 0.507 e. The minimum Gasteiger partial charge on any atom is -0.507 e. The average molecular weight is 561 g/mol. The summed E-state index contributed by atoms with van der Waals surface area (Å²) in [5, 5.41) is 20.0. The number of rotatable bonds is 6. The summed E-state index contributed by atoms with van der Waals surface area (Å²) in [7, 11) is 0. The summed E-state index contributed by atoms with van der Waals surface area (Å²) < 4.78 is 19.6. The Morgan fingerprint density at radius 1 is 1.18 bits per heavy atom. The van der Waals surface area contributed by atoms with Crippen molar-refractivity contribution in [3.8, 4) is 5.75 Å². The van der Waals surface area contributed by atoms with E-state index in [1.54, 1.807) is 54.9 Å². The molecule has 6 rings (SSSR count). The van der Waals surface area contributed by atoms with Gasteiger partial charge in [-0.05, 0) is 60.0 Å². The lowest BCUT2D eigenvalue weighted by atomic mass is 9.95. The number of carbonyl (C=O) groups is 2. The zero-order chi connectivity index (χ0) is 27.1. The first-order valence-electron chi connectivity index (χ1n) is 12.1. The first-order valence-corrected chi connectivity index (χ1v) is 13.9. The third-order valence-corrected chi connectivity index (χ3v) is 8.62. The molecule has 0 saturated carbocycles. The predicted octanol–water partition coefficient (Wildman–Crippen LogP) is 5.31. The number of thioether (sulfide) groups is 1. The third-order valence-electron chi connectivity index (χ3n) is 6.49. The first-order chi connectivity index (χ1) is 18.9. The maximum absolute atomic E-state index is 13.4. The van der Waals surface area contributed by atoms with Crippen molar-refractivity contribution < 1.29 is 23.8 Å². The van der Waals surface area contributed by atoms with E-state index in [1.165, 1.54) is 28.8 Å². The molecule has 0 bridgehead atoms. The molecule has 0 radical (unpaired) electrons. The molecule has 39 heavy (non-hydrogen) atoms. The van der Waals surface area contributed by atoms with Crippen LogP contribution < -0.4 is 9.64 Å². The molecule has 2 unspecified atom stereocenters. The van der Waals surface area contributed by atoms with Gasteiger partial charge in [0.25, 0.3) is 5.78 Å². The van der Waals surface area contributed by atoms with E-state index in [1.807, 2.05) is 6.92 Å². The molecule has 1 N–H and O–H groups in total. The second kappa shape index (κ2) is 10.2. The lowest BCUT2D eigenvalue weighted by Gasteiger charge is -2.22. The van der Waals surface area contributed by atoms with Gasteiger partial charge in [-0.1, -0.05) is 41.3 Å². The van der Waals surface area contributed by atoms with Gasteiger partial charge in [0.15, 0.2) is 4.34 Å². The third kappa shape index (κ3) is 4.79. The molecule has 2 aliphatic heterocycles. The minimum absolute atomic E-state index is 0.0193. The predicted molar refractivity (Wildman–Crippen MR) is 145 cm³/mol. The molecule has 4 heterocycles. The van der Waals surface area contributed by atoms with Crippen LogP contribution in [-0.2, 0) is 21.8 Å². The van der Waals surface area contributed by atoms with Gasteiger partial charge in [-0.15, -0.1) is 10.2 Å². The van der Waals surface area contributed by atoms with Crippen LogP contribution in [0, 0.1) is 5.82 Å². The number of aliphatic hydroxyl groups excluding tert-OH is 1. The lowest BCUT2D eigenvalue weighted by molar-refractivity contribution is -0.132. The molecule has 2 aromatic heterocycles. The fourth-order valence-electron chi connectivity index (χ4n) is 4.69. The number of carbonyl (C=O) groups excluding carboxylic acids is 2. The van der Waals surface area contributed by atoms with E-state index in [0.29, 0.717) is 27.6 Å². The summed E-state index contributed by atoms with van der Waals surface area (Å²) in [6, 6.07) is 13.9. The second-order valence-electron chi connectivity index (χ2n) is 9.18. The zero-order valence-electron chi connectivity index (χ0n) is 20.6. The number of aromatic nitrogens is 3. The van der Waals surface area contributed by atoms with Gasteiger partial charge < -0.3 is 9.84 Å². The van der Waals surface area contributed by atoms with Crippen molar-refractivity contribution in [3.05, 3.63) is 101 Å². The van der Waals surface area contributed by atoms with Crippen molar-refractivity contribution in [2.45, 2.75) is 35.6 Å². The number of amides is 1. The number of fused-ring (bicyclic) bond motifs is 1. The molecule has 0 spiro atoms. The van der Waals surface area contributed by atoms with Crippen molar-refractivity contribution >= 4 is 45.7 Å². The number of halogens is 1. The highest BCUT2D eigenvalue weighted by atomic mass is 32.2. The number of anilines is 1. The highest BCUT2D eigenvalue weighted by molar-refractivity contribution is 8.00. The molecule has 2 aromatic carbocycles. The number of pyridine rings is 1. The van der Waals surface area contributed by atoms with Crippen molar-refractivity contribution in [2.24, 2.45) is 0 Å². The molecule has 1 fully saturated rings. The molecule has 196 valence electrons. The maximum atomic E-state index is 13.4. The summed E-state index contributed by atoms with van der Waals surface area (Å²) in [5.74, 6) is -0.946. The van der Waals surface area contributed by atoms with Crippen LogP contribution >= 0.6 is 23.1 Å². The summed E-state index contributed by atoms with van der Waals surface area (Å²) in [4.78, 5) is 32.2. The topological polar surface area (TPSA) is 106 Å². The lowest BCUT2D eigenvalue weighted by Crippen LogP contribution is -2.29. The number of nitrogens with zero attached hydrogens (tertiary/aromatic N) is 4. The number of ketones is 1. The SMILES string of the molecule is CC1Cc2cc(/C(O)=C3\C(=O)C(=O)N(c4nnc(SCc5ccc(F)cc5)s4)C3c3cccnc3)ccc2O1. The van der Waals surface area contributed by atoms with Crippen molar-refractivity contribution in [1.29, 1.82) is 0 Å². The van der Waals surface area contributed by atoms with E-state index in [4.69, 9.17) is 4.74 Å². The Hall–Kier alpha value is -4.09. The molecule has 1 amide bonds. The number of aliphatic hydroxyl groups is 1. The molecular formula is C28H21FN4O4S2. The van der Waals surface area contributed by atoms with Crippen LogP contribution in [0.1, 0.15) is 35.2 Å². The first kappa shape index (κ1) is 25.2. The molecule has 0 aliphatic carbocycles. The molecule has 8 nitrogen and oxygen atoms in total. The Labute approximate surface area is 231 Å². The van der Waals surface area contributed by atoms with E-state index in [-0.39, 0.29) is 28.4 Å². The molecule has 2 atom stereocenters. The Balaban J connectivity index is 1.36. The highest BCUT2D eigenvalue weighted by Crippen LogP contribution is 2.44. The summed E-state index contributed by atoms with van der Waals surface area (Å²) in [6.45, 7) is 1.96. The van der Waals surface area contributed by atoms with E-state index in [2.05, 4.69) is 15.2 Å². The van der Waals surface area contributed by atoms with Gasteiger partial charge in [0.2, 0.25) is 5.13 Å². The van der Waals surface area contributed by atoms with Crippen LogP contribution in [0.25, 0.3) is 5.76 Å². The Bertz CT molecular complexity index is 1610. The summed E-state index contributed by atoms with van der Waals surface area (Å²) in [5.41, 5.74) is 2.75. The zero-order valence-corrected chi connectivity index (χ0v) is 22.2. The Morgan fingerprint density at radius 2 is 2.00 bits per heavy atom. The molecular weight excluding hydrogens is 539 g/mol. The Kier molecular flexibility index (Phi) is 6.61. The van der Waals surface area contributed by atoms with Crippen LogP contribution in [-0.4, -0.2) is 38.1 Å². The van der Waals surface area contributed by atoms with Crippen LogP contribution in [0.15, 0.2) is 76.9 Å².